The minimum Gasteiger partial charge on any atom is -0.326 e. The molecule has 0 aliphatic heterocycles. The molecule has 1 aromatic heterocycles. The monoisotopic (exact) mass is 283 g/mol. The summed E-state index contributed by atoms with van der Waals surface area (Å²) in [5, 5.41) is 5.08. The molecule has 0 aliphatic carbocycles. The van der Waals surface area contributed by atoms with E-state index in [1.165, 1.54) is 0 Å². The molecule has 3 rings (SSSR count). The van der Waals surface area contributed by atoms with Crippen LogP contribution in [0.25, 0.3) is 16.8 Å². The third kappa shape index (κ3) is 2.33. The van der Waals surface area contributed by atoms with E-state index in [2.05, 4.69) is 17.2 Å². The first-order valence-electron chi connectivity index (χ1n) is 6.37. The van der Waals surface area contributed by atoms with Crippen molar-refractivity contribution in [1.82, 2.24) is 9.78 Å². The molecule has 0 fully saturated rings. The van der Waals surface area contributed by atoms with E-state index < -0.39 is 0 Å². The number of hydrogen-bond acceptors (Lipinski definition) is 2. The lowest BCUT2D eigenvalue weighted by Gasteiger charge is -2.09. The maximum absolute atomic E-state index is 6.18. The van der Waals surface area contributed by atoms with Crippen molar-refractivity contribution >= 4 is 11.6 Å². The summed E-state index contributed by atoms with van der Waals surface area (Å²) in [5.74, 6) is 0. The SMILES string of the molecule is NCc1c(Cl)cccc1-n1cc(-c2ccccc2)cn1. The summed E-state index contributed by atoms with van der Waals surface area (Å²) in [5.41, 5.74) is 9.80. The van der Waals surface area contributed by atoms with Gasteiger partial charge in [0, 0.05) is 28.9 Å². The number of aromatic nitrogens is 2. The van der Waals surface area contributed by atoms with Gasteiger partial charge in [-0.3, -0.25) is 0 Å². The second-order valence-corrected chi connectivity index (χ2v) is 4.89. The van der Waals surface area contributed by atoms with Gasteiger partial charge < -0.3 is 5.73 Å². The van der Waals surface area contributed by atoms with Crippen LogP contribution in [0.3, 0.4) is 0 Å². The van der Waals surface area contributed by atoms with Gasteiger partial charge in [-0.05, 0) is 17.7 Å². The molecule has 3 aromatic rings. The van der Waals surface area contributed by atoms with E-state index in [1.807, 2.05) is 53.5 Å². The van der Waals surface area contributed by atoms with E-state index in [0.717, 1.165) is 22.4 Å². The highest BCUT2D eigenvalue weighted by molar-refractivity contribution is 6.31. The topological polar surface area (TPSA) is 43.8 Å². The third-order valence-electron chi connectivity index (χ3n) is 3.23. The highest BCUT2D eigenvalue weighted by Crippen LogP contribution is 2.25. The first kappa shape index (κ1) is 12.9. The van der Waals surface area contributed by atoms with Crippen LogP contribution in [0.15, 0.2) is 60.9 Å². The Labute approximate surface area is 122 Å². The van der Waals surface area contributed by atoms with Crippen molar-refractivity contribution in [2.45, 2.75) is 6.54 Å². The van der Waals surface area contributed by atoms with Gasteiger partial charge in [0.15, 0.2) is 0 Å². The zero-order valence-corrected chi connectivity index (χ0v) is 11.6. The number of rotatable bonds is 3. The predicted molar refractivity (Wildman–Crippen MR) is 81.9 cm³/mol. The van der Waals surface area contributed by atoms with Gasteiger partial charge in [0.25, 0.3) is 0 Å². The van der Waals surface area contributed by atoms with Gasteiger partial charge in [-0.1, -0.05) is 48.0 Å². The minimum absolute atomic E-state index is 0.384. The lowest BCUT2D eigenvalue weighted by Crippen LogP contribution is -2.05. The summed E-state index contributed by atoms with van der Waals surface area (Å²) in [6, 6.07) is 15.9. The van der Waals surface area contributed by atoms with E-state index in [4.69, 9.17) is 17.3 Å². The quantitative estimate of drug-likeness (QED) is 0.797. The molecule has 0 aliphatic rings. The van der Waals surface area contributed by atoms with Gasteiger partial charge >= 0.3 is 0 Å². The van der Waals surface area contributed by atoms with E-state index in [-0.39, 0.29) is 0 Å². The zero-order chi connectivity index (χ0) is 13.9. The number of halogens is 1. The smallest absolute Gasteiger partial charge is 0.0705 e. The van der Waals surface area contributed by atoms with Crippen LogP contribution in [0.1, 0.15) is 5.56 Å². The van der Waals surface area contributed by atoms with Crippen LogP contribution in [-0.4, -0.2) is 9.78 Å². The molecule has 0 unspecified atom stereocenters. The Bertz CT molecular complexity index is 720. The first-order chi connectivity index (χ1) is 9.79. The van der Waals surface area contributed by atoms with Crippen molar-refractivity contribution in [3.63, 3.8) is 0 Å². The Hall–Kier alpha value is -2.10. The Kier molecular flexibility index (Phi) is 3.54. The summed E-state index contributed by atoms with van der Waals surface area (Å²) in [4.78, 5) is 0. The van der Waals surface area contributed by atoms with Crippen LogP contribution in [0.5, 0.6) is 0 Å². The molecule has 2 aromatic carbocycles. The molecule has 0 amide bonds. The van der Waals surface area contributed by atoms with Crippen LogP contribution in [0.2, 0.25) is 5.02 Å². The number of benzene rings is 2. The van der Waals surface area contributed by atoms with E-state index in [1.54, 1.807) is 0 Å². The molecule has 1 heterocycles. The van der Waals surface area contributed by atoms with Crippen LogP contribution in [0.4, 0.5) is 0 Å². The average Bonchev–Trinajstić information content (AvgIpc) is 2.97. The largest absolute Gasteiger partial charge is 0.326 e. The molecular weight excluding hydrogens is 270 g/mol. The van der Waals surface area contributed by atoms with Crippen molar-refractivity contribution < 1.29 is 0 Å². The van der Waals surface area contributed by atoms with Crippen molar-refractivity contribution in [2.24, 2.45) is 5.73 Å². The molecule has 2 N–H and O–H groups in total. The van der Waals surface area contributed by atoms with E-state index in [0.29, 0.717) is 11.6 Å². The van der Waals surface area contributed by atoms with Crippen LogP contribution >= 0.6 is 11.6 Å². The van der Waals surface area contributed by atoms with E-state index in [9.17, 15) is 0 Å². The summed E-state index contributed by atoms with van der Waals surface area (Å²) in [6.07, 6.45) is 3.83. The average molecular weight is 284 g/mol. The maximum atomic E-state index is 6.18. The Balaban J connectivity index is 2.05. The highest BCUT2D eigenvalue weighted by atomic mass is 35.5. The molecule has 20 heavy (non-hydrogen) atoms. The Morgan fingerprint density at radius 3 is 2.55 bits per heavy atom. The summed E-state index contributed by atoms with van der Waals surface area (Å²) in [7, 11) is 0. The molecule has 0 bridgehead atoms. The Morgan fingerprint density at radius 1 is 1.00 bits per heavy atom. The fourth-order valence-corrected chi connectivity index (χ4v) is 2.44. The van der Waals surface area contributed by atoms with Crippen LogP contribution < -0.4 is 5.73 Å². The minimum atomic E-state index is 0.384. The molecule has 0 spiro atoms. The second-order valence-electron chi connectivity index (χ2n) is 4.48. The van der Waals surface area contributed by atoms with Crippen molar-refractivity contribution in [1.29, 1.82) is 0 Å². The molecule has 4 heteroatoms. The van der Waals surface area contributed by atoms with Crippen LogP contribution in [-0.2, 0) is 6.54 Å². The van der Waals surface area contributed by atoms with Crippen molar-refractivity contribution in [3.05, 3.63) is 71.5 Å². The lowest BCUT2D eigenvalue weighted by molar-refractivity contribution is 0.859. The second kappa shape index (κ2) is 5.49. The molecular formula is C16H14ClN3. The fraction of sp³-hybridized carbons (Fsp3) is 0.0625. The van der Waals surface area contributed by atoms with E-state index >= 15 is 0 Å². The van der Waals surface area contributed by atoms with Gasteiger partial charge in [-0.25, -0.2) is 4.68 Å². The van der Waals surface area contributed by atoms with Gasteiger partial charge in [-0.15, -0.1) is 0 Å². The molecule has 0 saturated heterocycles. The van der Waals surface area contributed by atoms with Gasteiger partial charge in [0.2, 0.25) is 0 Å². The highest BCUT2D eigenvalue weighted by Gasteiger charge is 2.09. The maximum Gasteiger partial charge on any atom is 0.0705 e. The molecule has 100 valence electrons. The zero-order valence-electron chi connectivity index (χ0n) is 10.8. The lowest BCUT2D eigenvalue weighted by atomic mass is 10.1. The molecule has 0 saturated carbocycles. The van der Waals surface area contributed by atoms with Gasteiger partial charge in [0.05, 0.1) is 11.9 Å². The summed E-state index contributed by atoms with van der Waals surface area (Å²) in [6.45, 7) is 0.384. The van der Waals surface area contributed by atoms with Crippen molar-refractivity contribution in [2.75, 3.05) is 0 Å². The normalized spacial score (nSPS) is 10.7. The molecule has 0 atom stereocenters. The number of hydrogen-bond donors (Lipinski definition) is 1. The predicted octanol–water partition coefficient (Wildman–Crippen LogP) is 3.65. The first-order valence-corrected chi connectivity index (χ1v) is 6.75. The fourth-order valence-electron chi connectivity index (χ4n) is 2.20. The number of nitrogens with two attached hydrogens (primary N) is 1. The standard InChI is InChI=1S/C16H14ClN3/c17-15-7-4-8-16(14(15)9-18)20-11-13(10-19-20)12-5-2-1-3-6-12/h1-8,10-11H,9,18H2. The molecule has 3 nitrogen and oxygen atoms in total. The summed E-state index contributed by atoms with van der Waals surface area (Å²) >= 11 is 6.18. The number of nitrogens with zero attached hydrogens (tertiary/aromatic N) is 2. The van der Waals surface area contributed by atoms with Gasteiger partial charge in [-0.2, -0.15) is 5.10 Å². The van der Waals surface area contributed by atoms with Gasteiger partial charge in [0.1, 0.15) is 0 Å². The molecule has 0 radical (unpaired) electrons. The van der Waals surface area contributed by atoms with Crippen molar-refractivity contribution in [3.8, 4) is 16.8 Å². The van der Waals surface area contributed by atoms with Crippen LogP contribution in [0, 0.1) is 0 Å². The third-order valence-corrected chi connectivity index (χ3v) is 3.59. The Morgan fingerprint density at radius 2 is 1.80 bits per heavy atom. The summed E-state index contributed by atoms with van der Waals surface area (Å²) < 4.78 is 1.82.